The van der Waals surface area contributed by atoms with Gasteiger partial charge in [0.05, 0.1) is 30.9 Å². The number of anilines is 2. The number of benzene rings is 4. The number of likely N-dealkylation sites (N-methyl/N-ethyl adjacent to an activating group) is 1. The van der Waals surface area contributed by atoms with Gasteiger partial charge in [0.2, 0.25) is 11.8 Å². The summed E-state index contributed by atoms with van der Waals surface area (Å²) in [5.41, 5.74) is 7.01. The van der Waals surface area contributed by atoms with Crippen LogP contribution in [0.5, 0.6) is 5.75 Å². The van der Waals surface area contributed by atoms with Crippen LogP contribution in [0.4, 0.5) is 11.4 Å². The Morgan fingerprint density at radius 2 is 1.55 bits per heavy atom. The summed E-state index contributed by atoms with van der Waals surface area (Å²) in [4.78, 5) is 56.6. The van der Waals surface area contributed by atoms with E-state index in [-0.39, 0.29) is 43.1 Å². The number of rotatable bonds is 8. The van der Waals surface area contributed by atoms with Gasteiger partial charge in [-0.3, -0.25) is 19.2 Å². The first-order valence-electron chi connectivity index (χ1n) is 14.0. The van der Waals surface area contributed by atoms with Crippen molar-refractivity contribution in [3.63, 3.8) is 0 Å². The van der Waals surface area contributed by atoms with Crippen LogP contribution in [0.2, 0.25) is 0 Å². The molecule has 4 aromatic carbocycles. The molecule has 0 aromatic heterocycles. The van der Waals surface area contributed by atoms with Gasteiger partial charge in [0.25, 0.3) is 5.91 Å². The van der Waals surface area contributed by atoms with Crippen molar-refractivity contribution in [3.8, 4) is 5.75 Å². The first kappa shape index (κ1) is 32.2. The molecule has 44 heavy (non-hydrogen) atoms. The van der Waals surface area contributed by atoms with Crippen LogP contribution < -0.4 is 25.6 Å². The van der Waals surface area contributed by atoms with E-state index in [0.29, 0.717) is 28.3 Å². The third-order valence-corrected chi connectivity index (χ3v) is 8.44. The molecule has 0 aliphatic carbocycles. The maximum atomic E-state index is 14.6. The van der Waals surface area contributed by atoms with Crippen LogP contribution in [0, 0.1) is 5.92 Å². The number of para-hydroxylation sites is 2. The van der Waals surface area contributed by atoms with Crippen molar-refractivity contribution in [1.82, 2.24) is 5.32 Å². The lowest BCUT2D eigenvalue weighted by molar-refractivity contribution is -0.133. The topological polar surface area (TPSA) is 122 Å². The summed E-state index contributed by atoms with van der Waals surface area (Å²) in [5.74, 6) is -2.04. The van der Waals surface area contributed by atoms with E-state index < -0.39 is 17.4 Å². The number of ketones is 1. The van der Waals surface area contributed by atoms with Gasteiger partial charge < -0.3 is 25.6 Å². The standard InChI is InChI=1S/C34H34N4O5.ClH/c1-21(39)22-13-15-24(16-14-22)31(40)38-20-27(34(2,36-3)33(35)42)32(41)37(28-11-7-8-12-29(28)38)19-26-25-10-6-5-9-23(25)17-18-30(26)43-4;/h5-18,27,36H,19-20H2,1-4H3,(H2,35,42);1H/t27-,34?;/m1./s1. The molecule has 1 heterocycles. The smallest absolute Gasteiger partial charge is 0.258 e. The fraction of sp³-hybridized carbons (Fsp3) is 0.235. The van der Waals surface area contributed by atoms with Crippen LogP contribution in [0.15, 0.2) is 84.9 Å². The number of nitrogens with zero attached hydrogens (tertiary/aromatic N) is 2. The number of hydrogen-bond donors (Lipinski definition) is 2. The largest absolute Gasteiger partial charge is 0.496 e. The summed E-state index contributed by atoms with van der Waals surface area (Å²) in [7, 11) is 3.15. The average Bonchev–Trinajstić information content (AvgIpc) is 3.14. The summed E-state index contributed by atoms with van der Waals surface area (Å²) >= 11 is 0. The van der Waals surface area contributed by atoms with E-state index in [1.54, 1.807) is 74.5 Å². The summed E-state index contributed by atoms with van der Waals surface area (Å²) in [5, 5.41) is 4.86. The van der Waals surface area contributed by atoms with Crippen LogP contribution in [0.3, 0.4) is 0 Å². The van der Waals surface area contributed by atoms with Gasteiger partial charge in [-0.1, -0.05) is 54.6 Å². The number of primary amides is 1. The maximum absolute atomic E-state index is 14.6. The predicted molar refractivity (Wildman–Crippen MR) is 174 cm³/mol. The third-order valence-electron chi connectivity index (χ3n) is 8.44. The number of nitrogens with one attached hydrogen (secondary N) is 1. The van der Waals surface area contributed by atoms with Gasteiger partial charge >= 0.3 is 0 Å². The van der Waals surface area contributed by atoms with E-state index >= 15 is 0 Å². The number of carbonyl (C=O) groups excluding carboxylic acids is 4. The zero-order valence-corrected chi connectivity index (χ0v) is 25.8. The summed E-state index contributed by atoms with van der Waals surface area (Å²) in [6.07, 6.45) is 0. The minimum Gasteiger partial charge on any atom is -0.496 e. The van der Waals surface area contributed by atoms with Crippen molar-refractivity contribution in [2.24, 2.45) is 11.7 Å². The molecule has 9 nitrogen and oxygen atoms in total. The predicted octanol–water partition coefficient (Wildman–Crippen LogP) is 4.75. The number of carbonyl (C=O) groups is 4. The van der Waals surface area contributed by atoms with Crippen LogP contribution in [0.25, 0.3) is 10.8 Å². The van der Waals surface area contributed by atoms with E-state index in [2.05, 4.69) is 5.32 Å². The highest BCUT2D eigenvalue weighted by atomic mass is 35.5. The molecule has 1 unspecified atom stereocenters. The van der Waals surface area contributed by atoms with Gasteiger partial charge in [0.15, 0.2) is 5.78 Å². The molecule has 3 amide bonds. The van der Waals surface area contributed by atoms with Crippen molar-refractivity contribution in [3.05, 3.63) is 102 Å². The van der Waals surface area contributed by atoms with E-state index in [4.69, 9.17) is 10.5 Å². The van der Waals surface area contributed by atoms with Gasteiger partial charge in [-0.05, 0) is 62.0 Å². The number of methoxy groups -OCH3 is 1. The fourth-order valence-corrected chi connectivity index (χ4v) is 5.67. The fourth-order valence-electron chi connectivity index (χ4n) is 5.67. The molecular formula is C34H35ClN4O5. The molecule has 228 valence electrons. The number of nitrogens with two attached hydrogens (primary N) is 1. The summed E-state index contributed by atoms with van der Waals surface area (Å²) < 4.78 is 5.73. The highest BCUT2D eigenvalue weighted by Gasteiger charge is 2.48. The molecule has 0 radical (unpaired) electrons. The normalized spacial score (nSPS) is 15.9. The monoisotopic (exact) mass is 614 g/mol. The molecule has 10 heteroatoms. The van der Waals surface area contributed by atoms with Crippen LogP contribution in [0.1, 0.15) is 40.1 Å². The van der Waals surface area contributed by atoms with Crippen molar-refractivity contribution in [2.75, 3.05) is 30.5 Å². The molecule has 0 saturated carbocycles. The second kappa shape index (κ2) is 12.9. The summed E-state index contributed by atoms with van der Waals surface area (Å²) in [6, 6.07) is 25.2. The van der Waals surface area contributed by atoms with E-state index in [1.165, 1.54) is 11.8 Å². The average molecular weight is 615 g/mol. The Kier molecular flexibility index (Phi) is 9.42. The van der Waals surface area contributed by atoms with Crippen molar-refractivity contribution in [2.45, 2.75) is 25.9 Å². The van der Waals surface area contributed by atoms with Gasteiger partial charge in [-0.15, -0.1) is 12.4 Å². The van der Waals surface area contributed by atoms with Gasteiger partial charge in [-0.2, -0.15) is 0 Å². The molecule has 0 spiro atoms. The van der Waals surface area contributed by atoms with Gasteiger partial charge in [0.1, 0.15) is 11.3 Å². The number of halogens is 1. The molecule has 0 saturated heterocycles. The lowest BCUT2D eigenvalue weighted by Crippen LogP contribution is -2.63. The zero-order valence-electron chi connectivity index (χ0n) is 25.0. The van der Waals surface area contributed by atoms with Crippen LogP contribution in [-0.4, -0.2) is 49.7 Å². The molecule has 0 bridgehead atoms. The Morgan fingerprint density at radius 3 is 2.16 bits per heavy atom. The second-order valence-corrected chi connectivity index (χ2v) is 10.8. The maximum Gasteiger partial charge on any atom is 0.258 e. The quantitative estimate of drug-likeness (QED) is 0.276. The molecule has 1 aliphatic heterocycles. The zero-order chi connectivity index (χ0) is 30.9. The van der Waals surface area contributed by atoms with E-state index in [0.717, 1.165) is 16.3 Å². The molecule has 3 N–H and O–H groups in total. The Hall–Kier alpha value is -4.73. The lowest BCUT2D eigenvalue weighted by atomic mass is 9.83. The van der Waals surface area contributed by atoms with Crippen molar-refractivity contribution < 1.29 is 23.9 Å². The van der Waals surface area contributed by atoms with E-state index in [9.17, 15) is 19.2 Å². The highest BCUT2D eigenvalue weighted by molar-refractivity contribution is 6.13. The third kappa shape index (κ3) is 5.64. The number of hydrogen-bond acceptors (Lipinski definition) is 6. The van der Waals surface area contributed by atoms with E-state index in [1.807, 2.05) is 36.4 Å². The molecule has 2 atom stereocenters. The van der Waals surface area contributed by atoms with Gasteiger partial charge in [-0.25, -0.2) is 0 Å². The molecule has 5 rings (SSSR count). The number of ether oxygens (including phenoxy) is 1. The van der Waals surface area contributed by atoms with Crippen LogP contribution in [-0.2, 0) is 16.1 Å². The Morgan fingerprint density at radius 1 is 0.932 bits per heavy atom. The number of Topliss-reactive ketones (excluding diaryl/α,β-unsaturated/α-hetero) is 1. The Bertz CT molecular complexity index is 1740. The first-order chi connectivity index (χ1) is 20.6. The molecule has 4 aromatic rings. The highest BCUT2D eigenvalue weighted by Crippen LogP contribution is 2.40. The van der Waals surface area contributed by atoms with Crippen LogP contribution >= 0.6 is 12.4 Å². The summed E-state index contributed by atoms with van der Waals surface area (Å²) in [6.45, 7) is 3.03. The minimum atomic E-state index is -1.49. The number of amides is 3. The minimum absolute atomic E-state index is 0. The van der Waals surface area contributed by atoms with Crippen molar-refractivity contribution >= 4 is 58.1 Å². The van der Waals surface area contributed by atoms with Crippen molar-refractivity contribution in [1.29, 1.82) is 0 Å². The second-order valence-electron chi connectivity index (χ2n) is 10.8. The lowest BCUT2D eigenvalue weighted by Gasteiger charge is -2.36. The SMILES string of the molecule is CNC(C)(C(N)=O)[C@@H]1CN(C(=O)c2ccc(C(C)=O)cc2)c2ccccc2N(Cc2c(OC)ccc3ccccc23)C1=O.Cl. The van der Waals surface area contributed by atoms with Gasteiger partial charge in [0, 0.05) is 23.2 Å². The molecular weight excluding hydrogens is 580 g/mol. The Balaban J connectivity index is 0.00000442. The molecule has 0 fully saturated rings. The number of fused-ring (bicyclic) bond motifs is 2. The first-order valence-corrected chi connectivity index (χ1v) is 14.0. The Labute approximate surface area is 262 Å². The molecule has 1 aliphatic rings.